The molecule has 0 amide bonds. The summed E-state index contributed by atoms with van der Waals surface area (Å²) in [6.07, 6.45) is 0. The van der Waals surface area contributed by atoms with Gasteiger partial charge in [-0.05, 0) is 5.92 Å². The van der Waals surface area contributed by atoms with E-state index in [1.165, 1.54) is 5.34 Å². The maximum absolute atomic E-state index is 8.11. The van der Waals surface area contributed by atoms with Gasteiger partial charge in [0.15, 0.2) is 5.34 Å². The fourth-order valence-electron chi connectivity index (χ4n) is 0. The summed E-state index contributed by atoms with van der Waals surface area (Å²) in [4.78, 5) is 8.11. The molecule has 0 radical (unpaired) electrons. The number of nitrogens with zero attached hydrogens (tertiary/aromatic N) is 1. The van der Waals surface area contributed by atoms with Crippen LogP contribution >= 0.6 is 0 Å². The van der Waals surface area contributed by atoms with E-state index in [0.29, 0.717) is 0 Å². The summed E-state index contributed by atoms with van der Waals surface area (Å²) < 4.78 is 0. The van der Waals surface area contributed by atoms with Gasteiger partial charge in [-0.2, -0.15) is 0 Å². The topological polar surface area (TPSA) is 49.7 Å². The van der Waals surface area contributed by atoms with Gasteiger partial charge in [0.05, 0.1) is 0 Å². The van der Waals surface area contributed by atoms with E-state index in [1.54, 1.807) is 0 Å². The zero-order chi connectivity index (χ0) is 6.28. The fraction of sp³-hybridized carbons (Fsp3) is 1.00. The summed E-state index contributed by atoms with van der Waals surface area (Å²) in [5.41, 5.74) is 0. The van der Waals surface area contributed by atoms with Crippen LogP contribution in [0.1, 0.15) is 20.8 Å². The lowest BCUT2D eigenvalue weighted by Crippen LogP contribution is -1.66. The predicted octanol–water partition coefficient (Wildman–Crippen LogP) is 1.80. The fourth-order valence-corrected chi connectivity index (χ4v) is 0. The first-order valence-electron chi connectivity index (χ1n) is 2.11. The van der Waals surface area contributed by atoms with Gasteiger partial charge in [-0.1, -0.05) is 20.8 Å². The molecule has 0 unspecified atom stereocenters. The lowest BCUT2D eigenvalue weighted by Gasteiger charge is -1.79. The molecule has 3 nitrogen and oxygen atoms in total. The van der Waals surface area contributed by atoms with Crippen LogP contribution in [0.4, 0.5) is 0 Å². The van der Waals surface area contributed by atoms with E-state index in [9.17, 15) is 0 Å². The highest BCUT2D eigenvalue weighted by Crippen LogP contribution is 1.81. The second-order valence-corrected chi connectivity index (χ2v) is 1.81. The molecule has 0 aromatic rings. The Labute approximate surface area is 43.3 Å². The molecule has 0 aliphatic heterocycles. The Morgan fingerprint density at radius 2 is 1.43 bits per heavy atom. The predicted molar refractivity (Wildman–Crippen MR) is 28.1 cm³/mol. The van der Waals surface area contributed by atoms with E-state index in [4.69, 9.17) is 10.1 Å². The number of hydrogen-bond donors (Lipinski definition) is 1. The highest BCUT2D eigenvalue weighted by Gasteiger charge is 1.68. The van der Waals surface area contributed by atoms with E-state index >= 15 is 0 Å². The molecule has 0 saturated carbocycles. The molecule has 0 rings (SSSR count). The van der Waals surface area contributed by atoms with Crippen molar-refractivity contribution in [2.24, 2.45) is 11.3 Å². The maximum atomic E-state index is 8.11. The summed E-state index contributed by atoms with van der Waals surface area (Å²) in [5.74, 6) is 0.833. The van der Waals surface area contributed by atoms with Gasteiger partial charge in [-0.15, -0.1) is 4.91 Å². The summed E-state index contributed by atoms with van der Waals surface area (Å²) in [7, 11) is 0. The molecular weight excluding hydrogens is 94.0 g/mol. The summed E-state index contributed by atoms with van der Waals surface area (Å²) in [5, 5.41) is 7.89. The third kappa shape index (κ3) is 173. The molecule has 0 aliphatic carbocycles. The van der Waals surface area contributed by atoms with Gasteiger partial charge < -0.3 is 5.21 Å². The number of hydrogen-bond acceptors (Lipinski definition) is 2. The molecule has 0 spiro atoms. The average Bonchev–Trinajstić information content (AvgIpc) is 1.33. The van der Waals surface area contributed by atoms with Gasteiger partial charge >= 0.3 is 0 Å². The van der Waals surface area contributed by atoms with Crippen molar-refractivity contribution in [1.29, 1.82) is 0 Å². The van der Waals surface area contributed by atoms with Crippen molar-refractivity contribution in [3.63, 3.8) is 0 Å². The van der Waals surface area contributed by atoms with Crippen molar-refractivity contribution in [3.05, 3.63) is 4.91 Å². The Bertz CT molecular complexity index is 33.9. The van der Waals surface area contributed by atoms with Crippen LogP contribution in [0.15, 0.2) is 5.34 Å². The average molecular weight is 105 g/mol. The number of rotatable bonds is 0. The van der Waals surface area contributed by atoms with E-state index < -0.39 is 0 Å². The van der Waals surface area contributed by atoms with E-state index in [0.717, 1.165) is 5.92 Å². The summed E-state index contributed by atoms with van der Waals surface area (Å²) in [6, 6.07) is 0. The quantitative estimate of drug-likeness (QED) is 0.377. The van der Waals surface area contributed by atoms with Crippen LogP contribution < -0.4 is 0 Å². The second kappa shape index (κ2) is 9.04. The molecule has 0 aliphatic rings. The Morgan fingerprint density at radius 3 is 1.43 bits per heavy atom. The van der Waals surface area contributed by atoms with Crippen molar-refractivity contribution in [2.75, 3.05) is 0 Å². The van der Waals surface area contributed by atoms with Gasteiger partial charge in [0, 0.05) is 0 Å². The van der Waals surface area contributed by atoms with Gasteiger partial charge in [0.25, 0.3) is 0 Å². The highest BCUT2D eigenvalue weighted by molar-refractivity contribution is 4.20. The monoisotopic (exact) mass is 105 g/mol. The molecular formula is C4H11NO2. The first-order valence-corrected chi connectivity index (χ1v) is 2.11. The largest absolute Gasteiger partial charge is 0.379 e. The third-order valence-corrected chi connectivity index (χ3v) is 0. The molecule has 44 valence electrons. The normalized spacial score (nSPS) is 6.86. The van der Waals surface area contributed by atoms with Crippen LogP contribution in [0.25, 0.3) is 0 Å². The van der Waals surface area contributed by atoms with E-state index in [2.05, 4.69) is 20.8 Å². The van der Waals surface area contributed by atoms with Gasteiger partial charge in [-0.25, -0.2) is 0 Å². The first kappa shape index (κ1) is 9.64. The SMILES string of the molecule is CC(C)C.O=NO. The zero-order valence-corrected chi connectivity index (χ0v) is 4.88. The second-order valence-electron chi connectivity index (χ2n) is 1.81. The van der Waals surface area contributed by atoms with Crippen LogP contribution in [-0.2, 0) is 0 Å². The molecule has 0 saturated heterocycles. The molecule has 0 bridgehead atoms. The molecule has 0 fully saturated rings. The zero-order valence-electron chi connectivity index (χ0n) is 4.88. The third-order valence-electron chi connectivity index (χ3n) is 0. The molecule has 0 aromatic heterocycles. The van der Waals surface area contributed by atoms with Crippen LogP contribution in [0.3, 0.4) is 0 Å². The van der Waals surface area contributed by atoms with Crippen molar-refractivity contribution in [1.82, 2.24) is 0 Å². The summed E-state index contributed by atoms with van der Waals surface area (Å²) >= 11 is 0. The molecule has 1 N–H and O–H groups in total. The lowest BCUT2D eigenvalue weighted by atomic mass is 10.3. The Kier molecular flexibility index (Phi) is 12.5. The van der Waals surface area contributed by atoms with Gasteiger partial charge in [0.2, 0.25) is 0 Å². The molecule has 0 heterocycles. The van der Waals surface area contributed by atoms with Gasteiger partial charge in [-0.3, -0.25) is 0 Å². The molecule has 7 heavy (non-hydrogen) atoms. The maximum Gasteiger partial charge on any atom is 0.152 e. The first-order chi connectivity index (χ1) is 3.15. The smallest absolute Gasteiger partial charge is 0.152 e. The van der Waals surface area contributed by atoms with Crippen molar-refractivity contribution in [2.45, 2.75) is 20.8 Å². The minimum Gasteiger partial charge on any atom is -0.379 e. The highest BCUT2D eigenvalue weighted by atomic mass is 16.6. The van der Waals surface area contributed by atoms with Crippen LogP contribution in [0.5, 0.6) is 0 Å². The molecule has 3 heteroatoms. The van der Waals surface area contributed by atoms with Crippen LogP contribution in [0, 0.1) is 10.8 Å². The van der Waals surface area contributed by atoms with E-state index in [1.807, 2.05) is 0 Å². The summed E-state index contributed by atoms with van der Waals surface area (Å²) in [6.45, 7) is 6.50. The molecule has 0 aromatic carbocycles. The van der Waals surface area contributed by atoms with Crippen LogP contribution in [0.2, 0.25) is 0 Å². The Morgan fingerprint density at radius 1 is 1.43 bits per heavy atom. The van der Waals surface area contributed by atoms with Gasteiger partial charge in [0.1, 0.15) is 0 Å². The minimum absolute atomic E-state index is 0.833. The van der Waals surface area contributed by atoms with Crippen molar-refractivity contribution >= 4 is 0 Å². The standard InChI is InChI=1S/C4H10.HNO2/c1-4(2)3;2-1-3/h4H,1-3H3;(H,2,3). The Hall–Kier alpha value is -0.600. The Balaban J connectivity index is 0. The van der Waals surface area contributed by atoms with Crippen molar-refractivity contribution in [3.8, 4) is 0 Å². The van der Waals surface area contributed by atoms with Crippen LogP contribution in [-0.4, -0.2) is 5.21 Å². The molecule has 0 atom stereocenters. The van der Waals surface area contributed by atoms with E-state index in [-0.39, 0.29) is 0 Å². The van der Waals surface area contributed by atoms with Crippen molar-refractivity contribution < 1.29 is 5.21 Å². The minimum atomic E-state index is 0.833. The lowest BCUT2D eigenvalue weighted by molar-refractivity contribution is 0.312.